The van der Waals surface area contributed by atoms with E-state index >= 15 is 0 Å². The summed E-state index contributed by atoms with van der Waals surface area (Å²) >= 11 is 0. The Balaban J connectivity index is 1.59. The maximum atomic E-state index is 13.0. The van der Waals surface area contributed by atoms with Gasteiger partial charge in [0.15, 0.2) is 0 Å². The van der Waals surface area contributed by atoms with Crippen molar-refractivity contribution in [2.45, 2.75) is 0 Å². The second kappa shape index (κ2) is 8.12. The van der Waals surface area contributed by atoms with Crippen LogP contribution in [0.15, 0.2) is 85.2 Å². The van der Waals surface area contributed by atoms with Gasteiger partial charge in [-0.2, -0.15) is 0 Å². The molecule has 0 spiro atoms. The molecule has 3 aromatic carbocycles. The van der Waals surface area contributed by atoms with E-state index in [2.05, 4.69) is 15.6 Å². The minimum atomic E-state index is -1.04. The topological polar surface area (TPSA) is 96.3 Å². The number of aromatic carboxylic acids is 1. The number of amides is 1. The van der Waals surface area contributed by atoms with Gasteiger partial charge in [-0.3, -0.25) is 4.79 Å². The quantitative estimate of drug-likeness (QED) is 0.394. The molecule has 7 nitrogen and oxygen atoms in total. The molecule has 2 heterocycles. The Kier molecular flexibility index (Phi) is 4.99. The predicted octanol–water partition coefficient (Wildman–Crippen LogP) is 4.72. The van der Waals surface area contributed by atoms with E-state index < -0.39 is 5.97 Å². The smallest absolute Gasteiger partial charge is 0.335 e. The number of aryl methyl sites for hydroxylation is 1. The SMILES string of the molecule is Cn1ccnc1-c1ccc(NC(=C2C(=O)Nc3cc(C(=O)O)ccc32)c2ccccc2)cc1. The minimum absolute atomic E-state index is 0.120. The molecule has 0 bridgehead atoms. The number of carboxylic acid groups (broad SMARTS) is 1. The number of nitrogens with zero attached hydrogens (tertiary/aromatic N) is 2. The molecular weight excluding hydrogens is 416 g/mol. The third-order valence-electron chi connectivity index (χ3n) is 5.56. The molecule has 1 amide bonds. The van der Waals surface area contributed by atoms with Crippen LogP contribution < -0.4 is 10.6 Å². The van der Waals surface area contributed by atoms with Gasteiger partial charge in [0.2, 0.25) is 0 Å². The molecule has 0 aliphatic carbocycles. The highest BCUT2D eigenvalue weighted by Crippen LogP contribution is 2.38. The second-order valence-electron chi connectivity index (χ2n) is 7.70. The third kappa shape index (κ3) is 3.76. The molecule has 0 radical (unpaired) electrons. The van der Waals surface area contributed by atoms with Crippen LogP contribution in [0.25, 0.3) is 22.7 Å². The van der Waals surface area contributed by atoms with Crippen LogP contribution in [0.2, 0.25) is 0 Å². The van der Waals surface area contributed by atoms with Gasteiger partial charge in [0, 0.05) is 36.3 Å². The Morgan fingerprint density at radius 1 is 1.00 bits per heavy atom. The predicted molar refractivity (Wildman–Crippen MR) is 128 cm³/mol. The molecule has 0 atom stereocenters. The van der Waals surface area contributed by atoms with Crippen molar-refractivity contribution in [3.05, 3.63) is 102 Å². The molecule has 1 aliphatic rings. The van der Waals surface area contributed by atoms with Crippen molar-refractivity contribution >= 4 is 34.5 Å². The zero-order valence-electron chi connectivity index (χ0n) is 17.7. The van der Waals surface area contributed by atoms with E-state index in [1.54, 1.807) is 12.3 Å². The number of rotatable bonds is 5. The summed E-state index contributed by atoms with van der Waals surface area (Å²) in [6.07, 6.45) is 3.65. The highest BCUT2D eigenvalue weighted by Gasteiger charge is 2.29. The van der Waals surface area contributed by atoms with Crippen molar-refractivity contribution in [3.63, 3.8) is 0 Å². The Bertz CT molecular complexity index is 1400. The van der Waals surface area contributed by atoms with Gasteiger partial charge < -0.3 is 20.3 Å². The van der Waals surface area contributed by atoms with Crippen molar-refractivity contribution in [2.24, 2.45) is 7.05 Å². The molecule has 1 aliphatic heterocycles. The summed E-state index contributed by atoms with van der Waals surface area (Å²) in [4.78, 5) is 28.7. The Morgan fingerprint density at radius 2 is 1.76 bits per heavy atom. The molecule has 0 fully saturated rings. The number of aromatic nitrogens is 2. The average molecular weight is 436 g/mol. The number of anilines is 2. The van der Waals surface area contributed by atoms with Crippen molar-refractivity contribution in [2.75, 3.05) is 10.6 Å². The Morgan fingerprint density at radius 3 is 2.42 bits per heavy atom. The number of hydrogen-bond acceptors (Lipinski definition) is 4. The molecule has 5 rings (SSSR count). The highest BCUT2D eigenvalue weighted by atomic mass is 16.4. The van der Waals surface area contributed by atoms with Crippen LogP contribution >= 0.6 is 0 Å². The van der Waals surface area contributed by atoms with E-state index in [0.717, 1.165) is 22.6 Å². The van der Waals surface area contributed by atoms with Gasteiger partial charge in [0.05, 0.1) is 22.5 Å². The summed E-state index contributed by atoms with van der Waals surface area (Å²) in [5.74, 6) is -0.469. The zero-order chi connectivity index (χ0) is 22.9. The Hall–Kier alpha value is -4.65. The van der Waals surface area contributed by atoms with Crippen LogP contribution in [-0.2, 0) is 11.8 Å². The summed E-state index contributed by atoms with van der Waals surface area (Å²) in [6, 6.07) is 22.0. The monoisotopic (exact) mass is 436 g/mol. The van der Waals surface area contributed by atoms with Gasteiger partial charge in [-0.15, -0.1) is 0 Å². The van der Waals surface area contributed by atoms with Crippen molar-refractivity contribution in [1.29, 1.82) is 0 Å². The third-order valence-corrected chi connectivity index (χ3v) is 5.56. The first-order valence-electron chi connectivity index (χ1n) is 10.3. The van der Waals surface area contributed by atoms with E-state index in [0.29, 0.717) is 22.5 Å². The van der Waals surface area contributed by atoms with E-state index in [-0.39, 0.29) is 11.5 Å². The number of carbonyl (C=O) groups is 2. The van der Waals surface area contributed by atoms with Crippen LogP contribution in [-0.4, -0.2) is 26.5 Å². The lowest BCUT2D eigenvalue weighted by atomic mass is 9.99. The fourth-order valence-electron chi connectivity index (χ4n) is 3.93. The van der Waals surface area contributed by atoms with Gasteiger partial charge in [-0.05, 0) is 42.0 Å². The number of imidazole rings is 1. The van der Waals surface area contributed by atoms with Gasteiger partial charge in [-0.1, -0.05) is 36.4 Å². The van der Waals surface area contributed by atoms with Crippen LogP contribution in [0.5, 0.6) is 0 Å². The van der Waals surface area contributed by atoms with Crippen LogP contribution in [0.3, 0.4) is 0 Å². The molecule has 1 aromatic heterocycles. The maximum absolute atomic E-state index is 13.0. The molecule has 33 heavy (non-hydrogen) atoms. The first kappa shape index (κ1) is 20.3. The normalized spacial score (nSPS) is 13.9. The lowest BCUT2D eigenvalue weighted by molar-refractivity contribution is -0.110. The molecule has 162 valence electrons. The average Bonchev–Trinajstić information content (AvgIpc) is 3.40. The first-order chi connectivity index (χ1) is 16.0. The minimum Gasteiger partial charge on any atom is -0.478 e. The number of benzene rings is 3. The molecule has 4 aromatic rings. The molecule has 0 saturated heterocycles. The fraction of sp³-hybridized carbons (Fsp3) is 0.0385. The zero-order valence-corrected chi connectivity index (χ0v) is 17.7. The van der Waals surface area contributed by atoms with Crippen LogP contribution in [0.1, 0.15) is 21.5 Å². The van der Waals surface area contributed by atoms with Gasteiger partial charge in [0.25, 0.3) is 5.91 Å². The number of hydrogen-bond donors (Lipinski definition) is 3. The summed E-state index contributed by atoms with van der Waals surface area (Å²) in [5, 5.41) is 15.5. The number of carbonyl (C=O) groups excluding carboxylic acids is 1. The van der Waals surface area contributed by atoms with Gasteiger partial charge >= 0.3 is 5.97 Å². The standard InChI is InChI=1S/C26H20N4O3/c1-30-14-13-27-24(30)17-7-10-19(11-8-17)28-23(16-5-3-2-4-6-16)22-20-12-9-18(26(32)33)15-21(20)29-25(22)31/h2-15,28H,1H3,(H,29,31)(H,32,33). The molecule has 0 saturated carbocycles. The molecule has 7 heteroatoms. The summed E-state index contributed by atoms with van der Waals surface area (Å²) in [6.45, 7) is 0. The van der Waals surface area contributed by atoms with E-state index in [4.69, 9.17) is 0 Å². The molecule has 0 unspecified atom stereocenters. The summed E-state index contributed by atoms with van der Waals surface area (Å²) < 4.78 is 1.95. The van der Waals surface area contributed by atoms with Crippen molar-refractivity contribution in [1.82, 2.24) is 9.55 Å². The number of nitrogens with one attached hydrogen (secondary N) is 2. The van der Waals surface area contributed by atoms with Gasteiger partial charge in [0.1, 0.15) is 5.82 Å². The van der Waals surface area contributed by atoms with E-state index in [9.17, 15) is 14.7 Å². The largest absolute Gasteiger partial charge is 0.478 e. The summed E-state index contributed by atoms with van der Waals surface area (Å²) in [7, 11) is 1.94. The van der Waals surface area contributed by atoms with Crippen molar-refractivity contribution < 1.29 is 14.7 Å². The number of carboxylic acids is 1. The highest BCUT2D eigenvalue weighted by molar-refractivity contribution is 6.37. The lowest BCUT2D eigenvalue weighted by Gasteiger charge is -2.15. The fourth-order valence-corrected chi connectivity index (χ4v) is 3.93. The second-order valence-corrected chi connectivity index (χ2v) is 7.70. The van der Waals surface area contributed by atoms with Crippen molar-refractivity contribution in [3.8, 4) is 11.4 Å². The lowest BCUT2D eigenvalue weighted by Crippen LogP contribution is -2.10. The van der Waals surface area contributed by atoms with E-state index in [1.807, 2.05) is 72.4 Å². The van der Waals surface area contributed by atoms with Crippen LogP contribution in [0, 0.1) is 0 Å². The van der Waals surface area contributed by atoms with Gasteiger partial charge in [-0.25, -0.2) is 9.78 Å². The summed E-state index contributed by atoms with van der Waals surface area (Å²) in [5.41, 5.74) is 4.98. The first-order valence-corrected chi connectivity index (χ1v) is 10.3. The number of fused-ring (bicyclic) bond motifs is 1. The maximum Gasteiger partial charge on any atom is 0.335 e. The molecular formula is C26H20N4O3. The Labute approximate surface area is 190 Å². The van der Waals surface area contributed by atoms with Crippen LogP contribution in [0.4, 0.5) is 11.4 Å². The molecule has 3 N–H and O–H groups in total. The van der Waals surface area contributed by atoms with E-state index in [1.165, 1.54) is 12.1 Å².